The summed E-state index contributed by atoms with van der Waals surface area (Å²) in [5.41, 5.74) is 3.51. The average molecular weight is 218 g/mol. The molecule has 0 radical (unpaired) electrons. The van der Waals surface area contributed by atoms with Gasteiger partial charge in [-0.2, -0.15) is 0 Å². The molecule has 0 unspecified atom stereocenters. The van der Waals surface area contributed by atoms with Gasteiger partial charge in [-0.25, -0.2) is 0 Å². The summed E-state index contributed by atoms with van der Waals surface area (Å²) in [6, 6.07) is 0. The van der Waals surface area contributed by atoms with E-state index in [0.29, 0.717) is 0 Å². The van der Waals surface area contributed by atoms with E-state index in [1.165, 1.54) is 77.0 Å². The Labute approximate surface area is 101 Å². The van der Waals surface area contributed by atoms with Crippen molar-refractivity contribution in [3.63, 3.8) is 0 Å². The molecule has 0 N–H and O–H groups in total. The summed E-state index contributed by atoms with van der Waals surface area (Å²) in [4.78, 5) is 0. The summed E-state index contributed by atoms with van der Waals surface area (Å²) in [6.45, 7) is 0. The second-order valence-electron chi connectivity index (χ2n) is 5.42. The van der Waals surface area contributed by atoms with E-state index >= 15 is 0 Å². The summed E-state index contributed by atoms with van der Waals surface area (Å²) < 4.78 is 0. The molecule has 0 amide bonds. The van der Waals surface area contributed by atoms with Crippen LogP contribution in [0.25, 0.3) is 0 Å². The fraction of sp³-hybridized carbons (Fsp3) is 0.750. The zero-order chi connectivity index (χ0) is 11.1. The topological polar surface area (TPSA) is 0 Å². The molecule has 2 aliphatic rings. The lowest BCUT2D eigenvalue weighted by atomic mass is 9.92. The predicted molar refractivity (Wildman–Crippen MR) is 71.6 cm³/mol. The van der Waals surface area contributed by atoms with Gasteiger partial charge in [0.15, 0.2) is 0 Å². The van der Waals surface area contributed by atoms with Gasteiger partial charge in [-0.3, -0.25) is 0 Å². The van der Waals surface area contributed by atoms with Crippen LogP contribution in [0.4, 0.5) is 0 Å². The molecule has 0 aromatic rings. The van der Waals surface area contributed by atoms with E-state index in [-0.39, 0.29) is 0 Å². The fourth-order valence-corrected chi connectivity index (χ4v) is 2.97. The first kappa shape index (κ1) is 12.0. The van der Waals surface area contributed by atoms with Crippen molar-refractivity contribution in [1.29, 1.82) is 0 Å². The van der Waals surface area contributed by atoms with Gasteiger partial charge in [0.25, 0.3) is 0 Å². The van der Waals surface area contributed by atoms with Crippen LogP contribution >= 0.6 is 0 Å². The quantitative estimate of drug-likeness (QED) is 0.419. The minimum absolute atomic E-state index is 1.35. The van der Waals surface area contributed by atoms with E-state index in [1.54, 1.807) is 11.1 Å². The summed E-state index contributed by atoms with van der Waals surface area (Å²) >= 11 is 0. The Morgan fingerprint density at radius 3 is 1.56 bits per heavy atom. The first-order valence-electron chi connectivity index (χ1n) is 7.31. The van der Waals surface area contributed by atoms with Crippen LogP contribution in [0.1, 0.15) is 77.0 Å². The van der Waals surface area contributed by atoms with Gasteiger partial charge in [0, 0.05) is 0 Å². The first-order valence-corrected chi connectivity index (χ1v) is 7.31. The maximum Gasteiger partial charge on any atom is -0.0320 e. The van der Waals surface area contributed by atoms with E-state index < -0.39 is 0 Å². The van der Waals surface area contributed by atoms with Crippen LogP contribution in [0.15, 0.2) is 23.3 Å². The maximum absolute atomic E-state index is 2.50. The van der Waals surface area contributed by atoms with Gasteiger partial charge in [-0.05, 0) is 77.0 Å². The number of hydrogen-bond acceptors (Lipinski definition) is 0. The molecule has 0 spiro atoms. The molecule has 0 heteroatoms. The predicted octanol–water partition coefficient (Wildman–Crippen LogP) is 5.55. The average Bonchev–Trinajstić information content (AvgIpc) is 2.37. The van der Waals surface area contributed by atoms with Gasteiger partial charge in [0.2, 0.25) is 0 Å². The number of unbranched alkanes of at least 4 members (excludes halogenated alkanes) is 1. The zero-order valence-corrected chi connectivity index (χ0v) is 10.6. The van der Waals surface area contributed by atoms with Crippen molar-refractivity contribution in [3.05, 3.63) is 23.3 Å². The van der Waals surface area contributed by atoms with Crippen molar-refractivity contribution < 1.29 is 0 Å². The molecule has 2 rings (SSSR count). The summed E-state index contributed by atoms with van der Waals surface area (Å²) in [7, 11) is 0. The Kier molecular flexibility index (Phi) is 5.18. The Hall–Kier alpha value is -0.520. The second-order valence-corrected chi connectivity index (χ2v) is 5.42. The van der Waals surface area contributed by atoms with Crippen LogP contribution in [0.2, 0.25) is 0 Å². The van der Waals surface area contributed by atoms with E-state index in [4.69, 9.17) is 0 Å². The van der Waals surface area contributed by atoms with Crippen LogP contribution in [0, 0.1) is 0 Å². The van der Waals surface area contributed by atoms with Crippen molar-refractivity contribution in [3.8, 4) is 0 Å². The number of rotatable bonds is 5. The molecule has 0 aromatic carbocycles. The van der Waals surface area contributed by atoms with Crippen LogP contribution < -0.4 is 0 Å². The molecule has 0 heterocycles. The molecule has 0 aromatic heterocycles. The van der Waals surface area contributed by atoms with Gasteiger partial charge < -0.3 is 0 Å². The number of hydrogen-bond donors (Lipinski definition) is 0. The molecule has 0 nitrogen and oxygen atoms in total. The Morgan fingerprint density at radius 2 is 1.19 bits per heavy atom. The molecule has 0 aliphatic heterocycles. The minimum atomic E-state index is 1.35. The molecule has 0 saturated heterocycles. The van der Waals surface area contributed by atoms with Gasteiger partial charge in [0.1, 0.15) is 0 Å². The van der Waals surface area contributed by atoms with Gasteiger partial charge in [-0.15, -0.1) is 0 Å². The van der Waals surface area contributed by atoms with E-state index in [1.807, 2.05) is 0 Å². The van der Waals surface area contributed by atoms with Crippen molar-refractivity contribution in [2.45, 2.75) is 77.0 Å². The molecule has 90 valence electrons. The molecule has 16 heavy (non-hydrogen) atoms. The molecule has 0 saturated carbocycles. The zero-order valence-electron chi connectivity index (χ0n) is 10.6. The molecular formula is C16H26. The largest absolute Gasteiger partial charge is 0.0853 e. The molecule has 0 fully saturated rings. The highest BCUT2D eigenvalue weighted by Gasteiger charge is 2.05. The highest BCUT2D eigenvalue weighted by Crippen LogP contribution is 2.25. The molecular weight excluding hydrogens is 192 g/mol. The summed E-state index contributed by atoms with van der Waals surface area (Å²) in [6.07, 6.45) is 21.8. The van der Waals surface area contributed by atoms with Crippen LogP contribution in [-0.4, -0.2) is 0 Å². The monoisotopic (exact) mass is 218 g/mol. The highest BCUT2D eigenvalue weighted by atomic mass is 14.1. The molecule has 0 atom stereocenters. The first-order chi connectivity index (χ1) is 7.95. The lowest BCUT2D eigenvalue weighted by Crippen LogP contribution is -1.94. The second kappa shape index (κ2) is 6.93. The SMILES string of the molecule is C1=C(CCCCC2=CCCCC2)CCCC1. The number of allylic oxidation sites excluding steroid dienone is 4. The third-order valence-electron chi connectivity index (χ3n) is 4.02. The van der Waals surface area contributed by atoms with Crippen molar-refractivity contribution in [1.82, 2.24) is 0 Å². The van der Waals surface area contributed by atoms with Crippen molar-refractivity contribution >= 4 is 0 Å². The Balaban J connectivity index is 1.57. The fourth-order valence-electron chi connectivity index (χ4n) is 2.97. The van der Waals surface area contributed by atoms with Gasteiger partial charge in [0.05, 0.1) is 0 Å². The lowest BCUT2D eigenvalue weighted by Gasteiger charge is -2.14. The third kappa shape index (κ3) is 4.15. The van der Waals surface area contributed by atoms with Gasteiger partial charge in [-0.1, -0.05) is 23.3 Å². The maximum atomic E-state index is 2.50. The third-order valence-corrected chi connectivity index (χ3v) is 4.02. The van der Waals surface area contributed by atoms with Crippen molar-refractivity contribution in [2.24, 2.45) is 0 Å². The van der Waals surface area contributed by atoms with E-state index in [9.17, 15) is 0 Å². The van der Waals surface area contributed by atoms with Crippen LogP contribution in [0.5, 0.6) is 0 Å². The normalized spacial score (nSPS) is 21.5. The van der Waals surface area contributed by atoms with Crippen LogP contribution in [0.3, 0.4) is 0 Å². The Morgan fingerprint density at radius 1 is 0.688 bits per heavy atom. The minimum Gasteiger partial charge on any atom is -0.0853 e. The molecule has 0 bridgehead atoms. The lowest BCUT2D eigenvalue weighted by molar-refractivity contribution is 0.620. The Bertz CT molecular complexity index is 229. The smallest absolute Gasteiger partial charge is 0.0320 e. The van der Waals surface area contributed by atoms with E-state index in [2.05, 4.69) is 12.2 Å². The summed E-state index contributed by atoms with van der Waals surface area (Å²) in [5.74, 6) is 0. The van der Waals surface area contributed by atoms with Gasteiger partial charge >= 0.3 is 0 Å². The van der Waals surface area contributed by atoms with E-state index in [0.717, 1.165) is 0 Å². The van der Waals surface area contributed by atoms with Crippen molar-refractivity contribution in [2.75, 3.05) is 0 Å². The standard InChI is InChI=1S/C16H26/c1-3-9-15(10-4-1)13-7-8-14-16-11-5-2-6-12-16/h9,11H,1-8,10,12-14H2. The highest BCUT2D eigenvalue weighted by molar-refractivity contribution is 5.06. The molecule has 2 aliphatic carbocycles. The van der Waals surface area contributed by atoms with Crippen LogP contribution in [-0.2, 0) is 0 Å². The summed E-state index contributed by atoms with van der Waals surface area (Å²) in [5, 5.41) is 0.